The van der Waals surface area contributed by atoms with Crippen molar-refractivity contribution in [3.05, 3.63) is 35.9 Å². The van der Waals surface area contributed by atoms with Crippen LogP contribution in [-0.4, -0.2) is 12.6 Å². The summed E-state index contributed by atoms with van der Waals surface area (Å²) in [5, 5.41) is 0. The van der Waals surface area contributed by atoms with Gasteiger partial charge in [0.25, 0.3) is 6.47 Å². The van der Waals surface area contributed by atoms with E-state index in [9.17, 15) is 4.79 Å². The molecule has 2 heteroatoms. The number of rotatable bonds is 3. The fourth-order valence-electron chi connectivity index (χ4n) is 3.44. The van der Waals surface area contributed by atoms with Crippen molar-refractivity contribution in [2.24, 2.45) is 0 Å². The molecule has 0 unspecified atom stereocenters. The van der Waals surface area contributed by atoms with Gasteiger partial charge in [-0.15, -0.1) is 0 Å². The Bertz CT molecular complexity index is 376. The van der Waals surface area contributed by atoms with Crippen LogP contribution in [0.15, 0.2) is 30.3 Å². The second kappa shape index (κ2) is 9.59. The van der Waals surface area contributed by atoms with Gasteiger partial charge in [0.2, 0.25) is 0 Å². The molecular formula is C19H28O2. The van der Waals surface area contributed by atoms with E-state index in [2.05, 4.69) is 30.3 Å². The van der Waals surface area contributed by atoms with Gasteiger partial charge in [0.05, 0.1) is 0 Å². The van der Waals surface area contributed by atoms with Gasteiger partial charge in [-0.25, -0.2) is 0 Å². The first-order valence-corrected chi connectivity index (χ1v) is 8.54. The molecule has 0 atom stereocenters. The zero-order chi connectivity index (χ0) is 14.8. The maximum Gasteiger partial charge on any atom is 0.293 e. The highest BCUT2D eigenvalue weighted by atomic mass is 16.5. The first-order valence-electron chi connectivity index (χ1n) is 8.54. The molecule has 0 aliphatic heterocycles. The minimum absolute atomic E-state index is 0.233. The van der Waals surface area contributed by atoms with E-state index in [-0.39, 0.29) is 6.10 Å². The Kier molecular flexibility index (Phi) is 7.34. The maximum atomic E-state index is 9.85. The van der Waals surface area contributed by atoms with Crippen LogP contribution in [0.4, 0.5) is 0 Å². The van der Waals surface area contributed by atoms with Crippen molar-refractivity contribution in [3.63, 3.8) is 0 Å². The van der Waals surface area contributed by atoms with E-state index in [0.717, 1.165) is 18.8 Å². The second-order valence-electron chi connectivity index (χ2n) is 6.24. The molecule has 116 valence electrons. The predicted octanol–water partition coefficient (Wildman–Crippen LogP) is 5.23. The Hall–Kier alpha value is -1.31. The number of hydrogen-bond acceptors (Lipinski definition) is 2. The molecule has 21 heavy (non-hydrogen) atoms. The van der Waals surface area contributed by atoms with Gasteiger partial charge in [0, 0.05) is 0 Å². The quantitative estimate of drug-likeness (QED) is 0.712. The number of carbonyl (C=O) groups excluding carboxylic acids is 1. The van der Waals surface area contributed by atoms with Crippen molar-refractivity contribution in [1.82, 2.24) is 0 Å². The molecule has 2 fully saturated rings. The first kappa shape index (κ1) is 16.1. The molecule has 3 rings (SSSR count). The summed E-state index contributed by atoms with van der Waals surface area (Å²) < 4.78 is 4.80. The molecule has 0 N–H and O–H groups in total. The monoisotopic (exact) mass is 288 g/mol. The molecule has 0 aromatic heterocycles. The summed E-state index contributed by atoms with van der Waals surface area (Å²) in [6.45, 7) is 0.565. The van der Waals surface area contributed by atoms with Gasteiger partial charge in [-0.3, -0.25) is 4.79 Å². The number of ether oxygens (including phenoxy) is 1. The van der Waals surface area contributed by atoms with Crippen LogP contribution in [0.1, 0.15) is 75.7 Å². The molecule has 0 spiro atoms. The van der Waals surface area contributed by atoms with Gasteiger partial charge in [0.1, 0.15) is 6.10 Å². The van der Waals surface area contributed by atoms with Crippen LogP contribution in [0.25, 0.3) is 0 Å². The highest BCUT2D eigenvalue weighted by molar-refractivity contribution is 5.37. The summed E-state index contributed by atoms with van der Waals surface area (Å²) >= 11 is 0. The van der Waals surface area contributed by atoms with Crippen LogP contribution in [0.3, 0.4) is 0 Å². The minimum atomic E-state index is 0.233. The molecule has 2 nitrogen and oxygen atoms in total. The van der Waals surface area contributed by atoms with Gasteiger partial charge < -0.3 is 4.74 Å². The lowest BCUT2D eigenvalue weighted by Gasteiger charge is -2.21. The third-order valence-electron chi connectivity index (χ3n) is 4.68. The van der Waals surface area contributed by atoms with Gasteiger partial charge in [-0.05, 0) is 50.0 Å². The van der Waals surface area contributed by atoms with E-state index in [1.165, 1.54) is 51.4 Å². The number of carbonyl (C=O) groups is 1. The van der Waals surface area contributed by atoms with Crippen LogP contribution in [0.5, 0.6) is 0 Å². The maximum absolute atomic E-state index is 9.85. The SMILES string of the molecule is O=COC1CCCCC1.c1ccc(C2CCCCC2)cc1. The molecule has 0 radical (unpaired) electrons. The zero-order valence-corrected chi connectivity index (χ0v) is 13.0. The molecule has 2 aliphatic carbocycles. The van der Waals surface area contributed by atoms with Crippen LogP contribution in [0.2, 0.25) is 0 Å². The van der Waals surface area contributed by atoms with Gasteiger partial charge >= 0.3 is 0 Å². The average molecular weight is 288 g/mol. The van der Waals surface area contributed by atoms with E-state index >= 15 is 0 Å². The van der Waals surface area contributed by atoms with Crippen molar-refractivity contribution in [2.75, 3.05) is 0 Å². The van der Waals surface area contributed by atoms with Crippen molar-refractivity contribution < 1.29 is 9.53 Å². The molecule has 2 aliphatic rings. The highest BCUT2D eigenvalue weighted by Gasteiger charge is 2.14. The summed E-state index contributed by atoms with van der Waals surface area (Å²) in [7, 11) is 0. The molecule has 1 aromatic carbocycles. The van der Waals surface area contributed by atoms with E-state index in [1.807, 2.05) is 0 Å². The van der Waals surface area contributed by atoms with Gasteiger partial charge in [0.15, 0.2) is 0 Å². The van der Waals surface area contributed by atoms with Gasteiger partial charge in [-0.1, -0.05) is 56.0 Å². The number of hydrogen-bond donors (Lipinski definition) is 0. The minimum Gasteiger partial charge on any atom is -0.465 e. The van der Waals surface area contributed by atoms with Crippen LogP contribution >= 0.6 is 0 Å². The molecule has 0 amide bonds. The Morgan fingerprint density at radius 2 is 1.38 bits per heavy atom. The topological polar surface area (TPSA) is 26.3 Å². The zero-order valence-electron chi connectivity index (χ0n) is 13.0. The molecule has 0 saturated heterocycles. The fourth-order valence-corrected chi connectivity index (χ4v) is 3.44. The lowest BCUT2D eigenvalue weighted by Crippen LogP contribution is -2.15. The third-order valence-corrected chi connectivity index (χ3v) is 4.68. The van der Waals surface area contributed by atoms with Crippen LogP contribution in [-0.2, 0) is 9.53 Å². The number of benzene rings is 1. The molecule has 1 aromatic rings. The van der Waals surface area contributed by atoms with E-state index in [0.29, 0.717) is 6.47 Å². The van der Waals surface area contributed by atoms with Crippen LogP contribution in [0, 0.1) is 0 Å². The van der Waals surface area contributed by atoms with Crippen molar-refractivity contribution in [1.29, 1.82) is 0 Å². The Labute approximate surface area is 128 Å². The van der Waals surface area contributed by atoms with Crippen molar-refractivity contribution in [2.45, 2.75) is 76.2 Å². The first-order chi connectivity index (χ1) is 10.4. The fraction of sp³-hybridized carbons (Fsp3) is 0.632. The van der Waals surface area contributed by atoms with E-state index in [4.69, 9.17) is 4.74 Å². The average Bonchev–Trinajstić information content (AvgIpc) is 2.58. The lowest BCUT2D eigenvalue weighted by molar-refractivity contribution is -0.134. The third kappa shape index (κ3) is 5.91. The lowest BCUT2D eigenvalue weighted by atomic mass is 9.84. The standard InChI is InChI=1S/C12H16.C7H12O2/c1-3-7-11(8-4-1)12-9-5-2-6-10-12;8-6-9-7-4-2-1-3-5-7/h1,3-4,7-8,12H,2,5-6,9-10H2;6-7H,1-5H2. The van der Waals surface area contributed by atoms with Crippen molar-refractivity contribution in [3.8, 4) is 0 Å². The smallest absolute Gasteiger partial charge is 0.293 e. The molecule has 2 saturated carbocycles. The molecule has 0 heterocycles. The molecular weight excluding hydrogens is 260 g/mol. The summed E-state index contributed by atoms with van der Waals surface area (Å²) in [6.07, 6.45) is 13.2. The second-order valence-corrected chi connectivity index (χ2v) is 6.24. The van der Waals surface area contributed by atoms with E-state index < -0.39 is 0 Å². The van der Waals surface area contributed by atoms with Gasteiger partial charge in [-0.2, -0.15) is 0 Å². The summed E-state index contributed by atoms with van der Waals surface area (Å²) in [6, 6.07) is 11.0. The summed E-state index contributed by atoms with van der Waals surface area (Å²) in [5.41, 5.74) is 1.55. The Morgan fingerprint density at radius 1 is 0.810 bits per heavy atom. The summed E-state index contributed by atoms with van der Waals surface area (Å²) in [5.74, 6) is 0.861. The van der Waals surface area contributed by atoms with Crippen molar-refractivity contribution >= 4 is 6.47 Å². The normalized spacial score (nSPS) is 20.2. The van der Waals surface area contributed by atoms with E-state index in [1.54, 1.807) is 5.56 Å². The molecule has 0 bridgehead atoms. The van der Waals surface area contributed by atoms with Crippen LogP contribution < -0.4 is 0 Å². The predicted molar refractivity (Wildman–Crippen MR) is 86.3 cm³/mol. The Morgan fingerprint density at radius 3 is 1.95 bits per heavy atom. The highest BCUT2D eigenvalue weighted by Crippen LogP contribution is 2.32. The Balaban J connectivity index is 0.000000161. The summed E-state index contributed by atoms with van der Waals surface area (Å²) in [4.78, 5) is 9.85. The largest absolute Gasteiger partial charge is 0.465 e.